The first-order valence-corrected chi connectivity index (χ1v) is 8.61. The van der Waals surface area contributed by atoms with Crippen LogP contribution in [0, 0.1) is 5.82 Å². The van der Waals surface area contributed by atoms with Crippen LogP contribution >= 0.6 is 0 Å². The summed E-state index contributed by atoms with van der Waals surface area (Å²) < 4.78 is 24.6. The van der Waals surface area contributed by atoms with Gasteiger partial charge < -0.3 is 14.4 Å². The summed E-state index contributed by atoms with van der Waals surface area (Å²) >= 11 is 0. The van der Waals surface area contributed by atoms with Crippen molar-refractivity contribution in [3.8, 4) is 0 Å². The molecule has 0 radical (unpaired) electrons. The molecule has 2 aromatic rings. The predicted octanol–water partition coefficient (Wildman–Crippen LogP) is 3.59. The third-order valence-electron chi connectivity index (χ3n) is 4.06. The molecule has 0 bridgehead atoms. The fraction of sp³-hybridized carbons (Fsp3) is 0.300. The van der Waals surface area contributed by atoms with Gasteiger partial charge in [-0.25, -0.2) is 9.18 Å². The molecule has 1 aliphatic rings. The minimum atomic E-state index is -0.358. The van der Waals surface area contributed by atoms with Crippen molar-refractivity contribution >= 4 is 23.6 Å². The monoisotopic (exact) mass is 356 g/mol. The second-order valence-electron chi connectivity index (χ2n) is 5.84. The molecule has 26 heavy (non-hydrogen) atoms. The normalized spacial score (nSPS) is 14.6. The molecule has 136 valence electrons. The van der Waals surface area contributed by atoms with E-state index in [0.717, 1.165) is 0 Å². The number of halogens is 1. The van der Waals surface area contributed by atoms with Gasteiger partial charge in [-0.1, -0.05) is 6.07 Å². The Bertz CT molecular complexity index is 784. The largest absolute Gasteiger partial charge is 0.462 e. The van der Waals surface area contributed by atoms with Crippen molar-refractivity contribution in [3.63, 3.8) is 0 Å². The number of esters is 1. The third kappa shape index (κ3) is 4.46. The Morgan fingerprint density at radius 1 is 1.23 bits per heavy atom. The first-order valence-electron chi connectivity index (χ1n) is 8.61. The lowest BCUT2D eigenvalue weighted by Gasteiger charge is -2.29. The Morgan fingerprint density at radius 2 is 1.96 bits per heavy atom. The molecule has 0 N–H and O–H groups in total. The van der Waals surface area contributed by atoms with Crippen molar-refractivity contribution < 1.29 is 18.7 Å². The molecule has 5 nitrogen and oxygen atoms in total. The zero-order valence-electron chi connectivity index (χ0n) is 14.7. The second-order valence-corrected chi connectivity index (χ2v) is 5.84. The number of hydrogen-bond donors (Lipinski definition) is 0. The number of aliphatic imine (C=N–C) groups is 1. The summed E-state index contributed by atoms with van der Waals surface area (Å²) in [4.78, 5) is 17.9. The van der Waals surface area contributed by atoms with E-state index in [9.17, 15) is 9.18 Å². The van der Waals surface area contributed by atoms with Gasteiger partial charge in [0, 0.05) is 19.3 Å². The van der Waals surface area contributed by atoms with Crippen LogP contribution in [0.5, 0.6) is 0 Å². The second kappa shape index (κ2) is 8.58. The van der Waals surface area contributed by atoms with E-state index in [1.54, 1.807) is 43.5 Å². The topological polar surface area (TPSA) is 51.1 Å². The molecule has 0 amide bonds. The van der Waals surface area contributed by atoms with Gasteiger partial charge in [-0.3, -0.25) is 4.99 Å². The first-order chi connectivity index (χ1) is 12.7. The zero-order valence-corrected chi connectivity index (χ0v) is 14.7. The Morgan fingerprint density at radius 3 is 2.62 bits per heavy atom. The molecule has 6 heteroatoms. The molecule has 1 saturated heterocycles. The van der Waals surface area contributed by atoms with Gasteiger partial charge in [0.1, 0.15) is 5.82 Å². The van der Waals surface area contributed by atoms with E-state index >= 15 is 0 Å². The lowest BCUT2D eigenvalue weighted by molar-refractivity contribution is 0.0526. The molecular weight excluding hydrogens is 335 g/mol. The van der Waals surface area contributed by atoms with Crippen molar-refractivity contribution in [1.82, 2.24) is 0 Å². The number of carbonyl (C=O) groups excluding carboxylic acids is 1. The molecule has 0 atom stereocenters. The van der Waals surface area contributed by atoms with Crippen molar-refractivity contribution in [2.75, 3.05) is 37.8 Å². The summed E-state index contributed by atoms with van der Waals surface area (Å²) in [5.41, 5.74) is 2.42. The number of morpholine rings is 1. The van der Waals surface area contributed by atoms with Crippen LogP contribution in [-0.2, 0) is 9.47 Å². The van der Waals surface area contributed by atoms with Crippen molar-refractivity contribution in [1.29, 1.82) is 0 Å². The van der Waals surface area contributed by atoms with Gasteiger partial charge in [-0.15, -0.1) is 0 Å². The van der Waals surface area contributed by atoms with Gasteiger partial charge in [0.2, 0.25) is 0 Å². The highest BCUT2D eigenvalue weighted by atomic mass is 19.1. The maximum absolute atomic E-state index is 14.4. The van der Waals surface area contributed by atoms with E-state index in [1.807, 2.05) is 11.0 Å². The Balaban J connectivity index is 1.68. The number of ether oxygens (including phenoxy) is 2. The molecule has 0 unspecified atom stereocenters. The van der Waals surface area contributed by atoms with E-state index in [0.29, 0.717) is 55.4 Å². The van der Waals surface area contributed by atoms with Crippen molar-refractivity contribution in [2.24, 2.45) is 4.99 Å². The molecule has 1 aliphatic heterocycles. The number of hydrogen-bond acceptors (Lipinski definition) is 5. The Hall–Kier alpha value is -2.73. The van der Waals surface area contributed by atoms with Crippen LogP contribution in [0.3, 0.4) is 0 Å². The van der Waals surface area contributed by atoms with Crippen molar-refractivity contribution in [2.45, 2.75) is 6.92 Å². The van der Waals surface area contributed by atoms with Gasteiger partial charge in [-0.05, 0) is 48.9 Å². The van der Waals surface area contributed by atoms with Gasteiger partial charge in [0.25, 0.3) is 0 Å². The van der Waals surface area contributed by atoms with Gasteiger partial charge >= 0.3 is 5.97 Å². The number of nitrogens with zero attached hydrogens (tertiary/aromatic N) is 2. The summed E-state index contributed by atoms with van der Waals surface area (Å²) in [6.45, 7) is 4.72. The summed E-state index contributed by atoms with van der Waals surface area (Å²) in [5, 5.41) is 0. The van der Waals surface area contributed by atoms with E-state index in [2.05, 4.69) is 4.99 Å². The summed E-state index contributed by atoms with van der Waals surface area (Å²) in [5.74, 6) is -0.627. The highest BCUT2D eigenvalue weighted by Gasteiger charge is 2.15. The average Bonchev–Trinajstić information content (AvgIpc) is 2.68. The molecule has 2 aromatic carbocycles. The van der Waals surface area contributed by atoms with Crippen molar-refractivity contribution in [3.05, 3.63) is 59.4 Å². The minimum Gasteiger partial charge on any atom is -0.462 e. The lowest BCUT2D eigenvalue weighted by atomic mass is 10.2. The Labute approximate surface area is 152 Å². The third-order valence-corrected chi connectivity index (χ3v) is 4.06. The standard InChI is InChI=1S/C20H21FN2O3/c1-2-26-20(24)16-4-6-17(7-5-16)22-14-15-3-8-19(18(21)13-15)23-9-11-25-12-10-23/h3-8,13-14H,2,9-12H2,1H3. The molecule has 1 heterocycles. The molecular formula is C20H21FN2O3. The number of rotatable bonds is 5. The molecule has 1 fully saturated rings. The average molecular weight is 356 g/mol. The van der Waals surface area contributed by atoms with Crippen LogP contribution in [0.1, 0.15) is 22.8 Å². The quantitative estimate of drug-likeness (QED) is 0.607. The molecule has 3 rings (SSSR count). The number of benzene rings is 2. The number of anilines is 1. The summed E-state index contributed by atoms with van der Waals surface area (Å²) in [6.07, 6.45) is 1.60. The van der Waals surface area contributed by atoms with Gasteiger partial charge in [-0.2, -0.15) is 0 Å². The first kappa shape index (κ1) is 18.1. The smallest absolute Gasteiger partial charge is 0.338 e. The fourth-order valence-electron chi connectivity index (χ4n) is 2.71. The zero-order chi connectivity index (χ0) is 18.4. The highest BCUT2D eigenvalue weighted by Crippen LogP contribution is 2.21. The van der Waals surface area contributed by atoms with Gasteiger partial charge in [0.15, 0.2) is 0 Å². The summed E-state index contributed by atoms with van der Waals surface area (Å²) in [6, 6.07) is 11.8. The predicted molar refractivity (Wildman–Crippen MR) is 99.1 cm³/mol. The van der Waals surface area contributed by atoms with Crippen LogP contribution in [-0.4, -0.2) is 45.1 Å². The molecule has 0 aliphatic carbocycles. The van der Waals surface area contributed by atoms with E-state index in [1.165, 1.54) is 6.07 Å². The molecule has 0 spiro atoms. The van der Waals surface area contributed by atoms with E-state index < -0.39 is 0 Å². The van der Waals surface area contributed by atoms with Crippen LogP contribution in [0.15, 0.2) is 47.5 Å². The van der Waals surface area contributed by atoms with E-state index in [-0.39, 0.29) is 11.8 Å². The highest BCUT2D eigenvalue weighted by molar-refractivity contribution is 5.90. The number of carbonyl (C=O) groups is 1. The van der Waals surface area contributed by atoms with Crippen LogP contribution in [0.2, 0.25) is 0 Å². The van der Waals surface area contributed by atoms with Crippen LogP contribution < -0.4 is 4.90 Å². The fourth-order valence-corrected chi connectivity index (χ4v) is 2.71. The van der Waals surface area contributed by atoms with Crippen LogP contribution in [0.4, 0.5) is 15.8 Å². The van der Waals surface area contributed by atoms with Crippen LogP contribution in [0.25, 0.3) is 0 Å². The van der Waals surface area contributed by atoms with E-state index in [4.69, 9.17) is 9.47 Å². The lowest BCUT2D eigenvalue weighted by Crippen LogP contribution is -2.36. The minimum absolute atomic E-state index is 0.270. The molecule has 0 aromatic heterocycles. The molecule has 0 saturated carbocycles. The maximum atomic E-state index is 14.4. The SMILES string of the molecule is CCOC(=O)c1ccc(N=Cc2ccc(N3CCOCC3)c(F)c2)cc1. The van der Waals surface area contributed by atoms with Gasteiger partial charge in [0.05, 0.1) is 36.8 Å². The maximum Gasteiger partial charge on any atom is 0.338 e. The summed E-state index contributed by atoms with van der Waals surface area (Å²) in [7, 11) is 0. The Kier molecular flexibility index (Phi) is 5.96.